The molecular formula is C22H26N2O3. The van der Waals surface area contributed by atoms with E-state index in [4.69, 9.17) is 4.74 Å². The minimum Gasteiger partial charge on any atom is -0.466 e. The summed E-state index contributed by atoms with van der Waals surface area (Å²) in [5, 5.41) is 2.89. The van der Waals surface area contributed by atoms with Gasteiger partial charge in [-0.2, -0.15) is 0 Å². The Morgan fingerprint density at radius 1 is 1.11 bits per heavy atom. The standard InChI is InChI=1S/C22H26N2O3/c1-2-27-22(26)19-7-6-14-24(16-19)15-17-10-12-18(13-11-17)21(25)23-20-8-4-3-5-9-20/h3-5,8-13,19H,2,6-7,14-16H2,1H3,(H,23,25). The number of amides is 1. The maximum absolute atomic E-state index is 12.3. The van der Waals surface area contributed by atoms with E-state index in [1.165, 1.54) is 0 Å². The molecule has 5 nitrogen and oxygen atoms in total. The molecule has 1 fully saturated rings. The zero-order valence-electron chi connectivity index (χ0n) is 15.7. The van der Waals surface area contributed by atoms with Gasteiger partial charge in [0.05, 0.1) is 12.5 Å². The predicted molar refractivity (Wildman–Crippen MR) is 105 cm³/mol. The van der Waals surface area contributed by atoms with Crippen LogP contribution in [0.4, 0.5) is 5.69 Å². The molecule has 27 heavy (non-hydrogen) atoms. The minimum atomic E-state index is -0.118. The Balaban J connectivity index is 1.55. The van der Waals surface area contributed by atoms with Gasteiger partial charge in [-0.1, -0.05) is 30.3 Å². The summed E-state index contributed by atoms with van der Waals surface area (Å²) in [6.45, 7) is 4.76. The Labute approximate surface area is 160 Å². The van der Waals surface area contributed by atoms with Crippen molar-refractivity contribution in [2.45, 2.75) is 26.3 Å². The second-order valence-corrected chi connectivity index (χ2v) is 6.84. The molecule has 1 saturated heterocycles. The average Bonchev–Trinajstić information content (AvgIpc) is 2.70. The third-order valence-corrected chi connectivity index (χ3v) is 4.78. The van der Waals surface area contributed by atoms with E-state index in [9.17, 15) is 9.59 Å². The number of nitrogens with zero attached hydrogens (tertiary/aromatic N) is 1. The molecule has 1 atom stereocenters. The molecule has 1 amide bonds. The molecule has 0 radical (unpaired) electrons. The van der Waals surface area contributed by atoms with Gasteiger partial charge < -0.3 is 10.1 Å². The number of hydrogen-bond acceptors (Lipinski definition) is 4. The Bertz CT molecular complexity index is 759. The van der Waals surface area contributed by atoms with E-state index in [0.29, 0.717) is 12.2 Å². The van der Waals surface area contributed by atoms with Gasteiger partial charge in [0.1, 0.15) is 0 Å². The first kappa shape index (κ1) is 19.1. The van der Waals surface area contributed by atoms with E-state index in [2.05, 4.69) is 10.2 Å². The Morgan fingerprint density at radius 3 is 2.56 bits per heavy atom. The van der Waals surface area contributed by atoms with Crippen molar-refractivity contribution in [3.8, 4) is 0 Å². The van der Waals surface area contributed by atoms with Gasteiger partial charge in [-0.3, -0.25) is 14.5 Å². The number of carbonyl (C=O) groups is 2. The fourth-order valence-electron chi connectivity index (χ4n) is 3.40. The number of esters is 1. The van der Waals surface area contributed by atoms with Gasteiger partial charge in [0.2, 0.25) is 0 Å². The first-order chi connectivity index (χ1) is 13.2. The summed E-state index contributed by atoms with van der Waals surface area (Å²) in [5.41, 5.74) is 2.55. The third-order valence-electron chi connectivity index (χ3n) is 4.78. The maximum atomic E-state index is 12.3. The van der Waals surface area contributed by atoms with Crippen LogP contribution in [0.1, 0.15) is 35.7 Å². The summed E-state index contributed by atoms with van der Waals surface area (Å²) < 4.78 is 5.16. The van der Waals surface area contributed by atoms with Gasteiger partial charge in [-0.05, 0) is 56.1 Å². The van der Waals surface area contributed by atoms with Crippen LogP contribution in [0.2, 0.25) is 0 Å². The maximum Gasteiger partial charge on any atom is 0.310 e. The topological polar surface area (TPSA) is 58.6 Å². The summed E-state index contributed by atoms with van der Waals surface area (Å²) >= 11 is 0. The second-order valence-electron chi connectivity index (χ2n) is 6.84. The first-order valence-corrected chi connectivity index (χ1v) is 9.50. The normalized spacial score (nSPS) is 17.3. The highest BCUT2D eigenvalue weighted by atomic mass is 16.5. The van der Waals surface area contributed by atoms with Crippen molar-refractivity contribution in [3.63, 3.8) is 0 Å². The number of carbonyl (C=O) groups excluding carboxylic acids is 2. The quantitative estimate of drug-likeness (QED) is 0.792. The predicted octanol–water partition coefficient (Wildman–Crippen LogP) is 3.71. The first-order valence-electron chi connectivity index (χ1n) is 9.50. The van der Waals surface area contributed by atoms with E-state index in [0.717, 1.165) is 43.7 Å². The summed E-state index contributed by atoms with van der Waals surface area (Å²) in [6, 6.07) is 17.1. The van der Waals surface area contributed by atoms with Gasteiger partial charge in [-0.25, -0.2) is 0 Å². The van der Waals surface area contributed by atoms with Crippen LogP contribution in [0.3, 0.4) is 0 Å². The number of likely N-dealkylation sites (tertiary alicyclic amines) is 1. The van der Waals surface area contributed by atoms with E-state index in [-0.39, 0.29) is 17.8 Å². The summed E-state index contributed by atoms with van der Waals surface area (Å²) in [4.78, 5) is 26.6. The van der Waals surface area contributed by atoms with E-state index >= 15 is 0 Å². The molecule has 1 aliphatic rings. The highest BCUT2D eigenvalue weighted by Crippen LogP contribution is 2.20. The van der Waals surface area contributed by atoms with E-state index in [1.807, 2.05) is 61.5 Å². The van der Waals surface area contributed by atoms with Gasteiger partial charge in [0.15, 0.2) is 0 Å². The van der Waals surface area contributed by atoms with Gasteiger partial charge in [-0.15, -0.1) is 0 Å². The zero-order chi connectivity index (χ0) is 19.1. The summed E-state index contributed by atoms with van der Waals surface area (Å²) in [6.07, 6.45) is 1.90. The van der Waals surface area contributed by atoms with Gasteiger partial charge >= 0.3 is 5.97 Å². The molecule has 0 bridgehead atoms. The third kappa shape index (κ3) is 5.41. The Kier molecular flexibility index (Phi) is 6.60. The van der Waals surface area contributed by atoms with Crippen LogP contribution in [0.15, 0.2) is 54.6 Å². The lowest BCUT2D eigenvalue weighted by Crippen LogP contribution is -2.38. The van der Waals surface area contributed by atoms with Crippen LogP contribution in [0.5, 0.6) is 0 Å². The lowest BCUT2D eigenvalue weighted by atomic mass is 9.97. The molecule has 2 aromatic carbocycles. The molecule has 1 N–H and O–H groups in total. The Morgan fingerprint density at radius 2 is 1.85 bits per heavy atom. The molecule has 0 aliphatic carbocycles. The Hall–Kier alpha value is -2.66. The van der Waals surface area contributed by atoms with E-state index < -0.39 is 0 Å². The van der Waals surface area contributed by atoms with Crippen LogP contribution in [0, 0.1) is 5.92 Å². The van der Waals surface area contributed by atoms with Crippen LogP contribution >= 0.6 is 0 Å². The number of ether oxygens (including phenoxy) is 1. The molecule has 5 heteroatoms. The van der Waals surface area contributed by atoms with E-state index in [1.54, 1.807) is 0 Å². The monoisotopic (exact) mass is 366 g/mol. The van der Waals surface area contributed by atoms with Crippen molar-refractivity contribution in [3.05, 3.63) is 65.7 Å². The number of piperidine rings is 1. The van der Waals surface area contributed by atoms with Crippen molar-refractivity contribution in [2.24, 2.45) is 5.92 Å². The number of benzene rings is 2. The fourth-order valence-corrected chi connectivity index (χ4v) is 3.40. The molecule has 3 rings (SSSR count). The smallest absolute Gasteiger partial charge is 0.310 e. The largest absolute Gasteiger partial charge is 0.466 e. The molecule has 1 aliphatic heterocycles. The number of anilines is 1. The zero-order valence-corrected chi connectivity index (χ0v) is 15.7. The van der Waals surface area contributed by atoms with Crippen LogP contribution in [-0.4, -0.2) is 36.5 Å². The van der Waals surface area contributed by atoms with Crippen LogP contribution < -0.4 is 5.32 Å². The number of rotatable bonds is 6. The van der Waals surface area contributed by atoms with Crippen molar-refractivity contribution < 1.29 is 14.3 Å². The van der Waals surface area contributed by atoms with Gasteiger partial charge in [0.25, 0.3) is 5.91 Å². The molecule has 142 valence electrons. The van der Waals surface area contributed by atoms with Gasteiger partial charge in [0, 0.05) is 24.3 Å². The molecule has 1 heterocycles. The lowest BCUT2D eigenvalue weighted by molar-refractivity contribution is -0.150. The summed E-state index contributed by atoms with van der Waals surface area (Å²) in [5.74, 6) is -0.238. The molecule has 2 aromatic rings. The van der Waals surface area contributed by atoms with Crippen molar-refractivity contribution in [2.75, 3.05) is 25.0 Å². The van der Waals surface area contributed by atoms with Crippen molar-refractivity contribution in [1.29, 1.82) is 0 Å². The van der Waals surface area contributed by atoms with Crippen molar-refractivity contribution in [1.82, 2.24) is 4.90 Å². The highest BCUT2D eigenvalue weighted by molar-refractivity contribution is 6.04. The van der Waals surface area contributed by atoms with Crippen LogP contribution in [0.25, 0.3) is 0 Å². The molecular weight excluding hydrogens is 340 g/mol. The molecule has 1 unspecified atom stereocenters. The summed E-state index contributed by atoms with van der Waals surface area (Å²) in [7, 11) is 0. The molecule has 0 aromatic heterocycles. The lowest BCUT2D eigenvalue weighted by Gasteiger charge is -2.31. The van der Waals surface area contributed by atoms with Crippen molar-refractivity contribution >= 4 is 17.6 Å². The average molecular weight is 366 g/mol. The molecule has 0 saturated carbocycles. The van der Waals surface area contributed by atoms with Crippen LogP contribution in [-0.2, 0) is 16.1 Å². The number of para-hydroxylation sites is 1. The fraction of sp³-hybridized carbons (Fsp3) is 0.364. The second kappa shape index (κ2) is 9.33. The highest BCUT2D eigenvalue weighted by Gasteiger charge is 2.26. The SMILES string of the molecule is CCOC(=O)C1CCCN(Cc2ccc(C(=O)Nc3ccccc3)cc2)C1. The number of hydrogen-bond donors (Lipinski definition) is 1. The minimum absolute atomic E-state index is 0.0328. The molecule has 0 spiro atoms. The number of nitrogens with one attached hydrogen (secondary N) is 1.